The lowest BCUT2D eigenvalue weighted by molar-refractivity contribution is -0.141. The summed E-state index contributed by atoms with van der Waals surface area (Å²) in [5, 5.41) is 4.56. The first-order valence-corrected chi connectivity index (χ1v) is 8.52. The summed E-state index contributed by atoms with van der Waals surface area (Å²) in [6.07, 6.45) is -1.72. The van der Waals surface area contributed by atoms with E-state index in [1.807, 2.05) is 0 Å². The van der Waals surface area contributed by atoms with Gasteiger partial charge in [-0.05, 0) is 30.7 Å². The first kappa shape index (κ1) is 18.1. The van der Waals surface area contributed by atoms with Gasteiger partial charge in [0.05, 0.1) is 11.6 Å². The number of esters is 1. The molecule has 0 atom stereocenters. The number of alkyl halides is 3. The van der Waals surface area contributed by atoms with Crippen LogP contribution in [0, 0.1) is 0 Å². The molecule has 0 spiro atoms. The minimum atomic E-state index is -4.45. The Morgan fingerprint density at radius 2 is 2.08 bits per heavy atom. The number of hydrogen-bond acceptors (Lipinski definition) is 6. The smallest absolute Gasteiger partial charge is 0.433 e. The molecule has 3 aromatic heterocycles. The topological polar surface area (TPSA) is 64.1 Å². The highest BCUT2D eigenvalue weighted by molar-refractivity contribution is 7.22. The van der Waals surface area contributed by atoms with Gasteiger partial charge in [-0.15, -0.1) is 11.3 Å². The molecule has 0 bridgehead atoms. The maximum atomic E-state index is 12.5. The molecular weight excluding hydrogens is 367 g/mol. The molecule has 0 aliphatic carbocycles. The number of carbonyl (C=O) groups is 1. The molecule has 9 heteroatoms. The quantitative estimate of drug-likeness (QED) is 0.660. The maximum absolute atomic E-state index is 12.5. The van der Waals surface area contributed by atoms with Gasteiger partial charge in [-0.25, -0.2) is 9.78 Å². The van der Waals surface area contributed by atoms with Gasteiger partial charge in [-0.1, -0.05) is 6.07 Å². The third-order valence-corrected chi connectivity index (χ3v) is 4.55. The van der Waals surface area contributed by atoms with E-state index in [9.17, 15) is 18.0 Å². The van der Waals surface area contributed by atoms with Crippen LogP contribution < -0.4 is 5.32 Å². The van der Waals surface area contributed by atoms with Crippen LogP contribution in [-0.4, -0.2) is 22.5 Å². The number of aromatic nitrogens is 2. The first-order chi connectivity index (χ1) is 12.4. The van der Waals surface area contributed by atoms with E-state index in [2.05, 4.69) is 15.3 Å². The van der Waals surface area contributed by atoms with Gasteiger partial charge >= 0.3 is 12.1 Å². The molecule has 0 aliphatic rings. The number of carbonyl (C=O) groups excluding carboxylic acids is 1. The van der Waals surface area contributed by atoms with Crippen molar-refractivity contribution in [3.63, 3.8) is 0 Å². The Hall–Kier alpha value is -2.68. The molecule has 0 amide bonds. The van der Waals surface area contributed by atoms with Crippen LogP contribution in [0.25, 0.3) is 10.1 Å². The van der Waals surface area contributed by atoms with Crippen molar-refractivity contribution in [3.8, 4) is 0 Å². The fourth-order valence-electron chi connectivity index (χ4n) is 2.30. The number of fused-ring (bicyclic) bond motifs is 1. The number of thiophene rings is 1. The van der Waals surface area contributed by atoms with Gasteiger partial charge in [0.15, 0.2) is 5.69 Å². The van der Waals surface area contributed by atoms with Crippen LogP contribution in [0.3, 0.4) is 0 Å². The van der Waals surface area contributed by atoms with Crippen LogP contribution in [0.2, 0.25) is 0 Å². The molecule has 26 heavy (non-hydrogen) atoms. The molecule has 1 N–H and O–H groups in total. The summed E-state index contributed by atoms with van der Waals surface area (Å²) in [5.41, 5.74) is -0.0719. The summed E-state index contributed by atoms with van der Waals surface area (Å²) < 4.78 is 43.4. The van der Waals surface area contributed by atoms with Crippen LogP contribution in [0.15, 0.2) is 36.7 Å². The Labute approximate surface area is 150 Å². The minimum Gasteiger partial charge on any atom is -0.461 e. The first-order valence-electron chi connectivity index (χ1n) is 7.70. The largest absolute Gasteiger partial charge is 0.461 e. The van der Waals surface area contributed by atoms with Crippen LogP contribution in [0.5, 0.6) is 0 Å². The molecule has 3 rings (SSSR count). The molecule has 0 saturated heterocycles. The highest BCUT2D eigenvalue weighted by atomic mass is 32.1. The fourth-order valence-corrected chi connectivity index (χ4v) is 3.25. The number of pyridine rings is 2. The third kappa shape index (κ3) is 3.93. The zero-order valence-corrected chi connectivity index (χ0v) is 14.4. The number of rotatable bonds is 5. The number of anilines is 1. The van der Waals surface area contributed by atoms with Gasteiger partial charge in [0.2, 0.25) is 0 Å². The molecule has 3 heterocycles. The van der Waals surface area contributed by atoms with Crippen molar-refractivity contribution in [2.24, 2.45) is 0 Å². The molecule has 3 aromatic rings. The normalized spacial score (nSPS) is 11.5. The monoisotopic (exact) mass is 381 g/mol. The van der Waals surface area contributed by atoms with E-state index in [4.69, 9.17) is 4.74 Å². The summed E-state index contributed by atoms with van der Waals surface area (Å²) in [4.78, 5) is 19.5. The Morgan fingerprint density at radius 3 is 2.73 bits per heavy atom. The Balaban J connectivity index is 1.75. The second kappa shape index (κ2) is 7.28. The zero-order chi connectivity index (χ0) is 18.7. The Bertz CT molecular complexity index is 923. The summed E-state index contributed by atoms with van der Waals surface area (Å²) in [7, 11) is 0. The highest BCUT2D eigenvalue weighted by Gasteiger charge is 2.31. The molecule has 5 nitrogen and oxygen atoms in total. The Morgan fingerprint density at radius 1 is 1.27 bits per heavy atom. The van der Waals surface area contributed by atoms with E-state index in [0.29, 0.717) is 17.5 Å². The zero-order valence-electron chi connectivity index (χ0n) is 13.6. The second-order valence-electron chi connectivity index (χ2n) is 5.31. The van der Waals surface area contributed by atoms with Crippen molar-refractivity contribution >= 4 is 32.4 Å². The van der Waals surface area contributed by atoms with Gasteiger partial charge in [0.1, 0.15) is 5.69 Å². The minimum absolute atomic E-state index is 0.241. The van der Waals surface area contributed by atoms with E-state index in [1.165, 1.54) is 29.8 Å². The van der Waals surface area contributed by atoms with E-state index >= 15 is 0 Å². The van der Waals surface area contributed by atoms with Gasteiger partial charge in [0, 0.05) is 29.0 Å². The van der Waals surface area contributed by atoms with Crippen LogP contribution >= 0.6 is 11.3 Å². The molecular formula is C17H14F3N3O2S. The van der Waals surface area contributed by atoms with Crippen molar-refractivity contribution in [2.75, 3.05) is 11.9 Å². The number of hydrogen-bond donors (Lipinski definition) is 1. The second-order valence-corrected chi connectivity index (χ2v) is 6.39. The van der Waals surface area contributed by atoms with Gasteiger partial charge < -0.3 is 10.1 Å². The molecule has 0 unspecified atom stereocenters. The lowest BCUT2D eigenvalue weighted by Gasteiger charge is -2.07. The number of nitrogens with one attached hydrogen (secondary N) is 1. The molecule has 136 valence electrons. The standard InChI is InChI=1S/C17H14F3N3O2S/c1-2-25-16(24)15-11-7-14(26-12(11)5-6-21-15)23-9-10-3-4-13(22-8-10)17(18,19)20/h3-8,23H,2,9H2,1H3. The van der Waals surface area contributed by atoms with Crippen LogP contribution in [-0.2, 0) is 17.5 Å². The number of ether oxygens (including phenoxy) is 1. The number of halogens is 3. The average molecular weight is 381 g/mol. The Kier molecular flexibility index (Phi) is 5.08. The van der Waals surface area contributed by atoms with Crippen molar-refractivity contribution in [1.29, 1.82) is 0 Å². The molecule has 0 saturated carbocycles. The fraction of sp³-hybridized carbons (Fsp3) is 0.235. The lowest BCUT2D eigenvalue weighted by atomic mass is 10.2. The van der Waals surface area contributed by atoms with Crippen molar-refractivity contribution in [2.45, 2.75) is 19.6 Å². The lowest BCUT2D eigenvalue weighted by Crippen LogP contribution is -2.08. The van der Waals surface area contributed by atoms with Crippen molar-refractivity contribution in [1.82, 2.24) is 9.97 Å². The molecule has 0 aliphatic heterocycles. The SMILES string of the molecule is CCOC(=O)c1nccc2sc(NCc3ccc(C(F)(F)F)nc3)cc12. The maximum Gasteiger partial charge on any atom is 0.433 e. The van der Waals surface area contributed by atoms with Crippen LogP contribution in [0.4, 0.5) is 18.2 Å². The van der Waals surface area contributed by atoms with Gasteiger partial charge in [-0.2, -0.15) is 13.2 Å². The third-order valence-electron chi connectivity index (χ3n) is 3.50. The van der Waals surface area contributed by atoms with E-state index < -0.39 is 17.8 Å². The summed E-state index contributed by atoms with van der Waals surface area (Å²) in [6, 6.07) is 5.89. The van der Waals surface area contributed by atoms with Crippen molar-refractivity contribution in [3.05, 3.63) is 53.6 Å². The number of nitrogens with zero attached hydrogens (tertiary/aromatic N) is 2. The van der Waals surface area contributed by atoms with Gasteiger partial charge in [0.25, 0.3) is 0 Å². The highest BCUT2D eigenvalue weighted by Crippen LogP contribution is 2.32. The van der Waals surface area contributed by atoms with E-state index in [-0.39, 0.29) is 12.3 Å². The summed E-state index contributed by atoms with van der Waals surface area (Å²) >= 11 is 1.41. The molecule has 0 fully saturated rings. The van der Waals surface area contributed by atoms with E-state index in [1.54, 1.807) is 19.1 Å². The molecule has 0 radical (unpaired) electrons. The molecule has 0 aromatic carbocycles. The van der Waals surface area contributed by atoms with Crippen molar-refractivity contribution < 1.29 is 22.7 Å². The predicted octanol–water partition coefficient (Wildman–Crippen LogP) is 4.50. The van der Waals surface area contributed by atoms with Crippen LogP contribution in [0.1, 0.15) is 28.7 Å². The van der Waals surface area contributed by atoms with Gasteiger partial charge in [-0.3, -0.25) is 4.98 Å². The van der Waals surface area contributed by atoms with E-state index in [0.717, 1.165) is 15.8 Å². The summed E-state index contributed by atoms with van der Waals surface area (Å²) in [6.45, 7) is 2.28. The average Bonchev–Trinajstić information content (AvgIpc) is 3.02. The summed E-state index contributed by atoms with van der Waals surface area (Å²) in [5.74, 6) is -0.491. The predicted molar refractivity (Wildman–Crippen MR) is 92.1 cm³/mol.